The van der Waals surface area contributed by atoms with Crippen molar-refractivity contribution < 1.29 is 9.18 Å². The van der Waals surface area contributed by atoms with Crippen molar-refractivity contribution in [3.8, 4) is 0 Å². The maximum Gasteiger partial charge on any atom is 0.234 e. The largest absolute Gasteiger partial charge is 0.351 e. The molecule has 1 heterocycles. The van der Waals surface area contributed by atoms with Gasteiger partial charge in [-0.05, 0) is 49.9 Å². The molecular formula is C16H24FN3O. The van der Waals surface area contributed by atoms with Crippen LogP contribution in [0.25, 0.3) is 0 Å². The minimum absolute atomic E-state index is 0.0266. The Bertz CT molecular complexity index is 504. The molecule has 1 saturated heterocycles. The third kappa shape index (κ3) is 4.51. The average molecular weight is 293 g/mol. The van der Waals surface area contributed by atoms with Gasteiger partial charge < -0.3 is 11.1 Å². The topological polar surface area (TPSA) is 58.4 Å². The number of benzene rings is 1. The van der Waals surface area contributed by atoms with Gasteiger partial charge in [0.25, 0.3) is 0 Å². The summed E-state index contributed by atoms with van der Waals surface area (Å²) in [6.07, 6.45) is 1.05. The van der Waals surface area contributed by atoms with Gasteiger partial charge in [-0.1, -0.05) is 12.1 Å². The number of aryl methyl sites for hydroxylation is 1. The van der Waals surface area contributed by atoms with Gasteiger partial charge in [-0.25, -0.2) is 4.39 Å². The Morgan fingerprint density at radius 2 is 2.33 bits per heavy atom. The lowest BCUT2D eigenvalue weighted by molar-refractivity contribution is -0.122. The quantitative estimate of drug-likeness (QED) is 0.863. The van der Waals surface area contributed by atoms with Crippen LogP contribution in [0, 0.1) is 18.7 Å². The number of rotatable bonds is 5. The van der Waals surface area contributed by atoms with E-state index in [-0.39, 0.29) is 17.8 Å². The maximum absolute atomic E-state index is 13.4. The van der Waals surface area contributed by atoms with Gasteiger partial charge >= 0.3 is 0 Å². The molecule has 1 fully saturated rings. The number of hydrogen-bond donors (Lipinski definition) is 2. The monoisotopic (exact) mass is 293 g/mol. The van der Waals surface area contributed by atoms with Gasteiger partial charge in [0.05, 0.1) is 6.54 Å². The molecule has 2 rings (SSSR count). The minimum atomic E-state index is -0.235. The van der Waals surface area contributed by atoms with Crippen molar-refractivity contribution in [2.24, 2.45) is 11.7 Å². The van der Waals surface area contributed by atoms with Crippen molar-refractivity contribution in [3.63, 3.8) is 0 Å². The average Bonchev–Trinajstić information content (AvgIpc) is 2.89. The van der Waals surface area contributed by atoms with Crippen LogP contribution in [-0.2, 0) is 11.3 Å². The van der Waals surface area contributed by atoms with Gasteiger partial charge in [-0.15, -0.1) is 0 Å². The third-order valence-electron chi connectivity index (χ3n) is 4.15. The number of nitrogens with one attached hydrogen (secondary N) is 1. The van der Waals surface area contributed by atoms with E-state index in [2.05, 4.69) is 10.2 Å². The summed E-state index contributed by atoms with van der Waals surface area (Å²) in [5, 5.41) is 2.84. The number of hydrogen-bond acceptors (Lipinski definition) is 3. The highest BCUT2D eigenvalue weighted by atomic mass is 19.1. The van der Waals surface area contributed by atoms with Crippen molar-refractivity contribution >= 4 is 5.91 Å². The van der Waals surface area contributed by atoms with E-state index in [1.54, 1.807) is 13.0 Å². The lowest BCUT2D eigenvalue weighted by Crippen LogP contribution is -2.37. The van der Waals surface area contributed by atoms with Gasteiger partial charge in [0.15, 0.2) is 0 Å². The second-order valence-electron chi connectivity index (χ2n) is 6.00. The second kappa shape index (κ2) is 7.00. The summed E-state index contributed by atoms with van der Waals surface area (Å²) in [4.78, 5) is 14.0. The second-order valence-corrected chi connectivity index (χ2v) is 6.00. The normalized spacial score (nSPS) is 20.5. The van der Waals surface area contributed by atoms with E-state index in [0.29, 0.717) is 24.6 Å². The fourth-order valence-corrected chi connectivity index (χ4v) is 2.64. The van der Waals surface area contributed by atoms with Crippen LogP contribution in [0.15, 0.2) is 18.2 Å². The highest BCUT2D eigenvalue weighted by molar-refractivity contribution is 5.78. The SMILES string of the molecule is Cc1ccc(CNC(=O)CN2CCC(C(C)N)C2)cc1F. The molecule has 1 amide bonds. The van der Waals surface area contributed by atoms with E-state index in [4.69, 9.17) is 5.73 Å². The van der Waals surface area contributed by atoms with Gasteiger partial charge in [0.2, 0.25) is 5.91 Å². The Balaban J connectivity index is 1.76. The number of carbonyl (C=O) groups is 1. The number of nitrogens with zero attached hydrogens (tertiary/aromatic N) is 1. The van der Waals surface area contributed by atoms with Crippen LogP contribution in [0.2, 0.25) is 0 Å². The van der Waals surface area contributed by atoms with E-state index in [1.165, 1.54) is 6.07 Å². The molecule has 2 atom stereocenters. The van der Waals surface area contributed by atoms with Gasteiger partial charge in [-0.3, -0.25) is 9.69 Å². The van der Waals surface area contributed by atoms with Crippen LogP contribution in [0.1, 0.15) is 24.5 Å². The highest BCUT2D eigenvalue weighted by Crippen LogP contribution is 2.18. The van der Waals surface area contributed by atoms with Crippen molar-refractivity contribution in [2.45, 2.75) is 32.9 Å². The predicted molar refractivity (Wildman–Crippen MR) is 81.2 cm³/mol. The first kappa shape index (κ1) is 15.9. The Kier molecular flexibility index (Phi) is 5.31. The minimum Gasteiger partial charge on any atom is -0.351 e. The molecule has 1 aliphatic rings. The zero-order chi connectivity index (χ0) is 15.4. The molecule has 4 nitrogen and oxygen atoms in total. The van der Waals surface area contributed by atoms with Crippen molar-refractivity contribution in [2.75, 3.05) is 19.6 Å². The number of carbonyl (C=O) groups excluding carboxylic acids is 1. The number of nitrogens with two attached hydrogens (primary N) is 1. The Morgan fingerprint density at radius 1 is 1.57 bits per heavy atom. The van der Waals surface area contributed by atoms with Crippen molar-refractivity contribution in [1.82, 2.24) is 10.2 Å². The third-order valence-corrected chi connectivity index (χ3v) is 4.15. The lowest BCUT2D eigenvalue weighted by Gasteiger charge is -2.17. The summed E-state index contributed by atoms with van der Waals surface area (Å²) in [5.74, 6) is 0.214. The van der Waals surface area contributed by atoms with Crippen LogP contribution in [0.4, 0.5) is 4.39 Å². The first-order chi connectivity index (χ1) is 9.95. The highest BCUT2D eigenvalue weighted by Gasteiger charge is 2.26. The van der Waals surface area contributed by atoms with E-state index >= 15 is 0 Å². The van der Waals surface area contributed by atoms with Crippen molar-refractivity contribution in [3.05, 3.63) is 35.1 Å². The molecule has 1 aromatic carbocycles. The number of amides is 1. The van der Waals surface area contributed by atoms with Crippen LogP contribution in [0.3, 0.4) is 0 Å². The Labute approximate surface area is 125 Å². The molecule has 5 heteroatoms. The molecule has 1 aromatic rings. The molecule has 1 aliphatic heterocycles. The maximum atomic E-state index is 13.4. The molecule has 0 saturated carbocycles. The van der Waals surface area contributed by atoms with Crippen LogP contribution >= 0.6 is 0 Å². The summed E-state index contributed by atoms with van der Waals surface area (Å²) in [5.41, 5.74) is 7.28. The summed E-state index contributed by atoms with van der Waals surface area (Å²) in [6.45, 7) is 6.28. The molecule has 0 bridgehead atoms. The summed E-state index contributed by atoms with van der Waals surface area (Å²) >= 11 is 0. The fourth-order valence-electron chi connectivity index (χ4n) is 2.64. The van der Waals surface area contributed by atoms with Crippen molar-refractivity contribution in [1.29, 1.82) is 0 Å². The molecule has 0 spiro atoms. The molecule has 0 aliphatic carbocycles. The van der Waals surface area contributed by atoms with Gasteiger partial charge in [0, 0.05) is 19.1 Å². The lowest BCUT2D eigenvalue weighted by atomic mass is 10.0. The fraction of sp³-hybridized carbons (Fsp3) is 0.562. The molecular weight excluding hydrogens is 269 g/mol. The molecule has 2 unspecified atom stereocenters. The van der Waals surface area contributed by atoms with E-state index < -0.39 is 0 Å². The standard InChI is InChI=1S/C16H24FN3O/c1-11-3-4-13(7-15(11)17)8-19-16(21)10-20-6-5-14(9-20)12(2)18/h3-4,7,12,14H,5-6,8-10,18H2,1-2H3,(H,19,21). The van der Waals surface area contributed by atoms with Crippen LogP contribution in [0.5, 0.6) is 0 Å². The van der Waals surface area contributed by atoms with E-state index in [9.17, 15) is 9.18 Å². The number of likely N-dealkylation sites (tertiary alicyclic amines) is 1. The van der Waals surface area contributed by atoms with Gasteiger partial charge in [-0.2, -0.15) is 0 Å². The van der Waals surface area contributed by atoms with Crippen LogP contribution < -0.4 is 11.1 Å². The molecule has 0 radical (unpaired) electrons. The summed E-state index contributed by atoms with van der Waals surface area (Å²) in [6, 6.07) is 5.21. The first-order valence-electron chi connectivity index (χ1n) is 7.45. The van der Waals surface area contributed by atoms with Gasteiger partial charge in [0.1, 0.15) is 5.82 Å². The number of halogens is 1. The molecule has 3 N–H and O–H groups in total. The smallest absolute Gasteiger partial charge is 0.234 e. The molecule has 21 heavy (non-hydrogen) atoms. The Hall–Kier alpha value is -1.46. The summed E-state index contributed by atoms with van der Waals surface area (Å²) in [7, 11) is 0. The van der Waals surface area contributed by atoms with E-state index in [1.807, 2.05) is 13.0 Å². The molecule has 0 aromatic heterocycles. The zero-order valence-corrected chi connectivity index (χ0v) is 12.7. The Morgan fingerprint density at radius 3 is 2.95 bits per heavy atom. The van der Waals surface area contributed by atoms with E-state index in [0.717, 1.165) is 25.1 Å². The van der Waals surface area contributed by atoms with Crippen LogP contribution in [-0.4, -0.2) is 36.5 Å². The summed E-state index contributed by atoms with van der Waals surface area (Å²) < 4.78 is 13.4. The molecule has 116 valence electrons. The zero-order valence-electron chi connectivity index (χ0n) is 12.7. The predicted octanol–water partition coefficient (Wildman–Crippen LogP) is 1.42. The first-order valence-corrected chi connectivity index (χ1v) is 7.45.